The van der Waals surface area contributed by atoms with Crippen molar-refractivity contribution < 1.29 is 0 Å². The molecule has 1 saturated carbocycles. The van der Waals surface area contributed by atoms with Gasteiger partial charge in [0.05, 0.1) is 0 Å². The Morgan fingerprint density at radius 3 is 2.53 bits per heavy atom. The summed E-state index contributed by atoms with van der Waals surface area (Å²) in [6.07, 6.45) is 10.5. The van der Waals surface area contributed by atoms with Crippen LogP contribution in [0.3, 0.4) is 0 Å². The molecule has 0 spiro atoms. The van der Waals surface area contributed by atoms with Gasteiger partial charge >= 0.3 is 0 Å². The first-order valence-corrected chi connectivity index (χ1v) is 7.84. The topological polar surface area (TPSA) is 0 Å². The summed E-state index contributed by atoms with van der Waals surface area (Å²) in [4.78, 5) is 0. The van der Waals surface area contributed by atoms with Crippen molar-refractivity contribution in [2.24, 2.45) is 17.3 Å². The average molecular weight is 254 g/mol. The predicted molar refractivity (Wildman–Crippen MR) is 83.1 cm³/mol. The van der Waals surface area contributed by atoms with Crippen LogP contribution in [0, 0.1) is 17.3 Å². The van der Waals surface area contributed by atoms with Gasteiger partial charge in [0.2, 0.25) is 0 Å². The molecule has 0 radical (unpaired) electrons. The number of hydrogen-bond acceptors (Lipinski definition) is 0. The summed E-state index contributed by atoms with van der Waals surface area (Å²) in [6.45, 7) is 7.27. The fourth-order valence-electron chi connectivity index (χ4n) is 4.35. The Balaban J connectivity index is 2.11. The molecule has 102 valence electrons. The third kappa shape index (κ3) is 2.38. The van der Waals surface area contributed by atoms with Crippen LogP contribution in [-0.2, 0) is 0 Å². The Morgan fingerprint density at radius 1 is 1.00 bits per heavy atom. The number of fused-ring (bicyclic) bond motifs is 2. The maximum atomic E-state index is 2.51. The van der Waals surface area contributed by atoms with E-state index in [9.17, 15) is 0 Å². The molecular weight excluding hydrogens is 228 g/mol. The van der Waals surface area contributed by atoms with E-state index in [2.05, 4.69) is 57.2 Å². The lowest BCUT2D eigenvalue weighted by Gasteiger charge is -2.42. The molecule has 19 heavy (non-hydrogen) atoms. The third-order valence-electron chi connectivity index (χ3n) is 5.09. The van der Waals surface area contributed by atoms with Crippen molar-refractivity contribution in [2.75, 3.05) is 0 Å². The molecule has 2 aliphatic carbocycles. The molecule has 1 fully saturated rings. The minimum atomic E-state index is 0.350. The van der Waals surface area contributed by atoms with Gasteiger partial charge in [-0.2, -0.15) is 0 Å². The average Bonchev–Trinajstić information content (AvgIpc) is 2.54. The first-order chi connectivity index (χ1) is 9.07. The number of rotatable bonds is 0. The number of hydrogen-bond donors (Lipinski definition) is 0. The fourth-order valence-corrected chi connectivity index (χ4v) is 4.35. The second-order valence-corrected chi connectivity index (χ2v) is 7.44. The first kappa shape index (κ1) is 13.0. The van der Waals surface area contributed by atoms with Gasteiger partial charge < -0.3 is 0 Å². The third-order valence-corrected chi connectivity index (χ3v) is 5.09. The maximum Gasteiger partial charge on any atom is -0.00734 e. The van der Waals surface area contributed by atoms with Crippen LogP contribution in [0.15, 0.2) is 30.3 Å². The van der Waals surface area contributed by atoms with Crippen LogP contribution in [-0.4, -0.2) is 0 Å². The minimum Gasteiger partial charge on any atom is -0.0805 e. The molecule has 0 aromatic heterocycles. The zero-order valence-corrected chi connectivity index (χ0v) is 12.5. The summed E-state index contributed by atoms with van der Waals surface area (Å²) in [6, 6.07) is 9.06. The van der Waals surface area contributed by atoms with Crippen molar-refractivity contribution >= 4 is 6.08 Å². The fraction of sp³-hybridized carbons (Fsp3) is 0.579. The predicted octanol–water partition coefficient (Wildman–Crippen LogP) is 5.65. The molecule has 1 aromatic rings. The summed E-state index contributed by atoms with van der Waals surface area (Å²) >= 11 is 0. The van der Waals surface area contributed by atoms with Crippen LogP contribution in [0.1, 0.15) is 63.5 Å². The summed E-state index contributed by atoms with van der Waals surface area (Å²) in [5, 5.41) is 0. The zero-order chi connectivity index (χ0) is 13.5. The van der Waals surface area contributed by atoms with Crippen molar-refractivity contribution in [3.8, 4) is 0 Å². The molecule has 3 rings (SSSR count). The molecule has 0 amide bonds. The van der Waals surface area contributed by atoms with Crippen molar-refractivity contribution in [1.82, 2.24) is 0 Å². The molecule has 3 atom stereocenters. The van der Waals surface area contributed by atoms with E-state index >= 15 is 0 Å². The Hall–Kier alpha value is -1.04. The van der Waals surface area contributed by atoms with Gasteiger partial charge in [0, 0.05) is 0 Å². The van der Waals surface area contributed by atoms with Crippen LogP contribution in [0.4, 0.5) is 0 Å². The Bertz CT molecular complexity index is 475. The van der Waals surface area contributed by atoms with Crippen molar-refractivity contribution in [3.63, 3.8) is 0 Å². The van der Waals surface area contributed by atoms with Crippen molar-refractivity contribution in [3.05, 3.63) is 41.5 Å². The van der Waals surface area contributed by atoms with Crippen LogP contribution in [0.5, 0.6) is 0 Å². The molecule has 0 aliphatic heterocycles. The summed E-state index contributed by atoms with van der Waals surface area (Å²) in [5.41, 5.74) is 3.39. The zero-order valence-electron chi connectivity index (χ0n) is 12.5. The largest absolute Gasteiger partial charge is 0.0805 e. The van der Waals surface area contributed by atoms with Gasteiger partial charge in [-0.25, -0.2) is 0 Å². The lowest BCUT2D eigenvalue weighted by atomic mass is 9.62. The van der Waals surface area contributed by atoms with E-state index in [1.54, 1.807) is 5.56 Å². The van der Waals surface area contributed by atoms with E-state index in [-0.39, 0.29) is 0 Å². The van der Waals surface area contributed by atoms with Crippen LogP contribution < -0.4 is 0 Å². The van der Waals surface area contributed by atoms with E-state index in [0.717, 1.165) is 11.8 Å². The lowest BCUT2D eigenvalue weighted by Crippen LogP contribution is -2.32. The van der Waals surface area contributed by atoms with Gasteiger partial charge in [0.1, 0.15) is 0 Å². The highest BCUT2D eigenvalue weighted by molar-refractivity contribution is 5.57. The van der Waals surface area contributed by atoms with Crippen LogP contribution >= 0.6 is 0 Å². The maximum absolute atomic E-state index is 2.51. The Morgan fingerprint density at radius 2 is 1.74 bits per heavy atom. The second-order valence-electron chi connectivity index (χ2n) is 7.44. The van der Waals surface area contributed by atoms with E-state index in [1.807, 2.05) is 0 Å². The summed E-state index contributed by atoms with van der Waals surface area (Å²) < 4.78 is 0. The molecule has 0 heteroatoms. The SMILES string of the molecule is CC(C)(C)C1c2ccccc2C=CC2CCCCC21. The van der Waals surface area contributed by atoms with Crippen molar-refractivity contribution in [2.45, 2.75) is 52.4 Å². The second kappa shape index (κ2) is 4.81. The van der Waals surface area contributed by atoms with Crippen LogP contribution in [0.2, 0.25) is 0 Å². The van der Waals surface area contributed by atoms with E-state index in [1.165, 1.54) is 31.2 Å². The Kier molecular flexibility index (Phi) is 3.28. The highest BCUT2D eigenvalue weighted by Gasteiger charge is 2.39. The van der Waals surface area contributed by atoms with E-state index < -0.39 is 0 Å². The van der Waals surface area contributed by atoms with Crippen LogP contribution in [0.25, 0.3) is 6.08 Å². The van der Waals surface area contributed by atoms with Gasteiger partial charge in [-0.05, 0) is 47.1 Å². The molecule has 3 unspecified atom stereocenters. The van der Waals surface area contributed by atoms with Gasteiger partial charge in [0.25, 0.3) is 0 Å². The number of allylic oxidation sites excluding steroid dienone is 1. The quantitative estimate of drug-likeness (QED) is 0.561. The highest BCUT2D eigenvalue weighted by atomic mass is 14.4. The summed E-state index contributed by atoms with van der Waals surface area (Å²) in [5.74, 6) is 2.34. The monoisotopic (exact) mass is 254 g/mol. The van der Waals surface area contributed by atoms with E-state index in [4.69, 9.17) is 0 Å². The lowest BCUT2D eigenvalue weighted by molar-refractivity contribution is 0.156. The minimum absolute atomic E-state index is 0.350. The first-order valence-electron chi connectivity index (χ1n) is 7.84. The van der Waals surface area contributed by atoms with Gasteiger partial charge in [-0.3, -0.25) is 0 Å². The van der Waals surface area contributed by atoms with Crippen molar-refractivity contribution in [1.29, 1.82) is 0 Å². The molecule has 0 nitrogen and oxygen atoms in total. The summed E-state index contributed by atoms with van der Waals surface area (Å²) in [7, 11) is 0. The van der Waals surface area contributed by atoms with Gasteiger partial charge in [0.15, 0.2) is 0 Å². The molecule has 0 saturated heterocycles. The van der Waals surface area contributed by atoms with Gasteiger partial charge in [-0.15, -0.1) is 0 Å². The normalized spacial score (nSPS) is 30.4. The molecular formula is C19H26. The molecule has 2 aliphatic rings. The molecule has 0 heterocycles. The van der Waals surface area contributed by atoms with E-state index in [0.29, 0.717) is 11.3 Å². The molecule has 1 aromatic carbocycles. The number of benzene rings is 1. The standard InChI is InChI=1S/C19H26/c1-19(2,3)18-16-10-6-4-8-14(16)12-13-15-9-5-7-11-17(15)18/h4,6,8,10,12-13,15,17-18H,5,7,9,11H2,1-3H3. The molecule has 0 bridgehead atoms. The smallest absolute Gasteiger partial charge is 0.00734 e. The highest BCUT2D eigenvalue weighted by Crippen LogP contribution is 2.51. The molecule has 0 N–H and O–H groups in total. The van der Waals surface area contributed by atoms with Gasteiger partial charge in [-0.1, -0.05) is 70.0 Å². The Labute approximate surface area is 117 Å².